The maximum absolute atomic E-state index is 11.0. The highest BCUT2D eigenvalue weighted by Gasteiger charge is 2.10. The molecule has 0 unspecified atom stereocenters. The van der Waals surface area contributed by atoms with Crippen molar-refractivity contribution in [2.24, 2.45) is 0 Å². The molecule has 0 atom stereocenters. The van der Waals surface area contributed by atoms with E-state index in [0.717, 1.165) is 0 Å². The average Bonchev–Trinajstić information content (AvgIpc) is 2.03. The highest BCUT2D eigenvalue weighted by Crippen LogP contribution is 2.14. The van der Waals surface area contributed by atoms with Crippen molar-refractivity contribution in [3.8, 4) is 0 Å². The molecule has 0 aliphatic heterocycles. The fraction of sp³-hybridized carbons (Fsp3) is 0.143. The maximum atomic E-state index is 11.0. The van der Waals surface area contributed by atoms with Gasteiger partial charge in [0.05, 0.1) is 12.7 Å². The molecule has 0 radical (unpaired) electrons. The SMILES string of the molecule is COC(=O)c1ccc(Cl)nc1I. The summed E-state index contributed by atoms with van der Waals surface area (Å²) in [5.41, 5.74) is 0.433. The van der Waals surface area contributed by atoms with Crippen LogP contribution in [0.3, 0.4) is 0 Å². The number of nitrogens with zero attached hydrogens (tertiary/aromatic N) is 1. The summed E-state index contributed by atoms with van der Waals surface area (Å²) in [5.74, 6) is -0.399. The molecule has 0 aliphatic rings. The van der Waals surface area contributed by atoms with Gasteiger partial charge in [0.15, 0.2) is 0 Å². The minimum atomic E-state index is -0.399. The Morgan fingerprint density at radius 2 is 2.33 bits per heavy atom. The van der Waals surface area contributed by atoms with E-state index in [1.807, 2.05) is 22.6 Å². The molecule has 3 nitrogen and oxygen atoms in total. The molecule has 0 spiro atoms. The first-order valence-electron chi connectivity index (χ1n) is 3.05. The fourth-order valence-corrected chi connectivity index (χ4v) is 1.62. The number of pyridine rings is 1. The Morgan fingerprint density at radius 3 is 2.83 bits per heavy atom. The van der Waals surface area contributed by atoms with Crippen molar-refractivity contribution in [1.29, 1.82) is 0 Å². The van der Waals surface area contributed by atoms with Crippen LogP contribution in [0.25, 0.3) is 0 Å². The molecule has 12 heavy (non-hydrogen) atoms. The van der Waals surface area contributed by atoms with E-state index in [0.29, 0.717) is 14.4 Å². The Labute approximate surface area is 88.2 Å². The van der Waals surface area contributed by atoms with Crippen LogP contribution in [0.15, 0.2) is 12.1 Å². The van der Waals surface area contributed by atoms with Gasteiger partial charge < -0.3 is 4.74 Å². The van der Waals surface area contributed by atoms with E-state index in [1.165, 1.54) is 7.11 Å². The fourth-order valence-electron chi connectivity index (χ4n) is 0.674. The lowest BCUT2D eigenvalue weighted by molar-refractivity contribution is 0.0599. The molecule has 64 valence electrons. The van der Waals surface area contributed by atoms with Crippen LogP contribution >= 0.6 is 34.2 Å². The number of carbonyl (C=O) groups is 1. The molecule has 0 N–H and O–H groups in total. The van der Waals surface area contributed by atoms with Crippen molar-refractivity contribution >= 4 is 40.2 Å². The molecule has 5 heteroatoms. The zero-order valence-corrected chi connectivity index (χ0v) is 9.09. The summed E-state index contributed by atoms with van der Waals surface area (Å²) in [6.45, 7) is 0. The lowest BCUT2D eigenvalue weighted by atomic mass is 10.3. The van der Waals surface area contributed by atoms with Gasteiger partial charge in [-0.15, -0.1) is 0 Å². The van der Waals surface area contributed by atoms with E-state index >= 15 is 0 Å². The zero-order chi connectivity index (χ0) is 9.14. The second-order valence-corrected chi connectivity index (χ2v) is 3.37. The van der Waals surface area contributed by atoms with Crippen LogP contribution in [0.1, 0.15) is 10.4 Å². The quantitative estimate of drug-likeness (QED) is 0.453. The Bertz CT molecular complexity index is 316. The van der Waals surface area contributed by atoms with Crippen molar-refractivity contribution in [3.63, 3.8) is 0 Å². The summed E-state index contributed by atoms with van der Waals surface area (Å²) >= 11 is 7.52. The monoisotopic (exact) mass is 297 g/mol. The predicted molar refractivity (Wildman–Crippen MR) is 53.3 cm³/mol. The first-order chi connectivity index (χ1) is 5.65. The number of aromatic nitrogens is 1. The van der Waals surface area contributed by atoms with E-state index in [2.05, 4.69) is 9.72 Å². The van der Waals surface area contributed by atoms with E-state index in [1.54, 1.807) is 12.1 Å². The number of hydrogen-bond acceptors (Lipinski definition) is 3. The van der Waals surface area contributed by atoms with Crippen LogP contribution in [0, 0.1) is 3.70 Å². The second kappa shape index (κ2) is 4.04. The first-order valence-corrected chi connectivity index (χ1v) is 4.51. The van der Waals surface area contributed by atoms with Crippen LogP contribution in [-0.4, -0.2) is 18.1 Å². The Hall–Kier alpha value is -0.360. The summed E-state index contributed by atoms with van der Waals surface area (Å²) in [5, 5.41) is 0.368. The molecule has 0 amide bonds. The molecule has 1 aromatic rings. The van der Waals surface area contributed by atoms with Gasteiger partial charge in [-0.3, -0.25) is 0 Å². The molecule has 0 saturated carbocycles. The lowest BCUT2D eigenvalue weighted by Gasteiger charge is -2.00. The standard InChI is InChI=1S/C7H5ClINO2/c1-12-7(11)4-2-3-5(8)10-6(4)9/h2-3H,1H3. The highest BCUT2D eigenvalue weighted by molar-refractivity contribution is 14.1. The van der Waals surface area contributed by atoms with Gasteiger partial charge in [-0.05, 0) is 34.7 Å². The summed E-state index contributed by atoms with van der Waals surface area (Å²) in [6.07, 6.45) is 0. The van der Waals surface area contributed by atoms with Crippen LogP contribution in [0.2, 0.25) is 5.15 Å². The van der Waals surface area contributed by atoms with Gasteiger partial charge in [0, 0.05) is 0 Å². The average molecular weight is 297 g/mol. The van der Waals surface area contributed by atoms with Gasteiger partial charge in [-0.1, -0.05) is 11.6 Å². The molecular weight excluding hydrogens is 292 g/mol. The van der Waals surface area contributed by atoms with Crippen molar-refractivity contribution in [2.75, 3.05) is 7.11 Å². The molecule has 1 rings (SSSR count). The van der Waals surface area contributed by atoms with Crippen LogP contribution in [0.5, 0.6) is 0 Å². The Balaban J connectivity index is 3.09. The van der Waals surface area contributed by atoms with Crippen molar-refractivity contribution in [3.05, 3.63) is 26.5 Å². The van der Waals surface area contributed by atoms with Gasteiger partial charge in [-0.2, -0.15) is 0 Å². The molecule has 0 fully saturated rings. The number of ether oxygens (including phenoxy) is 1. The third kappa shape index (κ3) is 2.07. The summed E-state index contributed by atoms with van der Waals surface area (Å²) in [4.78, 5) is 14.9. The van der Waals surface area contributed by atoms with Gasteiger partial charge in [0.2, 0.25) is 0 Å². The normalized spacial score (nSPS) is 9.58. The molecule has 0 aromatic carbocycles. The smallest absolute Gasteiger partial charge is 0.340 e. The zero-order valence-electron chi connectivity index (χ0n) is 6.17. The molecule has 0 aliphatic carbocycles. The van der Waals surface area contributed by atoms with E-state index in [4.69, 9.17) is 11.6 Å². The number of halogens is 2. The van der Waals surface area contributed by atoms with Crippen molar-refractivity contribution in [1.82, 2.24) is 4.98 Å². The third-order valence-corrected chi connectivity index (χ3v) is 2.25. The molecule has 0 saturated heterocycles. The topological polar surface area (TPSA) is 39.2 Å². The first kappa shape index (κ1) is 9.73. The molecule has 1 aromatic heterocycles. The molecule has 1 heterocycles. The van der Waals surface area contributed by atoms with Gasteiger partial charge in [0.25, 0.3) is 0 Å². The predicted octanol–water partition coefficient (Wildman–Crippen LogP) is 2.13. The largest absolute Gasteiger partial charge is 0.465 e. The van der Waals surface area contributed by atoms with E-state index < -0.39 is 5.97 Å². The summed E-state index contributed by atoms with van der Waals surface area (Å²) in [6, 6.07) is 3.14. The van der Waals surface area contributed by atoms with Gasteiger partial charge in [-0.25, -0.2) is 9.78 Å². The number of hydrogen-bond donors (Lipinski definition) is 0. The molecule has 0 bridgehead atoms. The van der Waals surface area contributed by atoms with Crippen LogP contribution < -0.4 is 0 Å². The minimum Gasteiger partial charge on any atom is -0.465 e. The number of methoxy groups -OCH3 is 1. The van der Waals surface area contributed by atoms with Gasteiger partial charge >= 0.3 is 5.97 Å². The third-order valence-electron chi connectivity index (χ3n) is 1.22. The number of rotatable bonds is 1. The Morgan fingerprint density at radius 1 is 1.67 bits per heavy atom. The van der Waals surface area contributed by atoms with E-state index in [9.17, 15) is 4.79 Å². The van der Waals surface area contributed by atoms with E-state index in [-0.39, 0.29) is 0 Å². The van der Waals surface area contributed by atoms with Crippen molar-refractivity contribution < 1.29 is 9.53 Å². The number of carbonyl (C=O) groups excluding carboxylic acids is 1. The van der Waals surface area contributed by atoms with Crippen molar-refractivity contribution in [2.45, 2.75) is 0 Å². The second-order valence-electron chi connectivity index (χ2n) is 1.96. The van der Waals surface area contributed by atoms with Crippen LogP contribution in [0.4, 0.5) is 0 Å². The minimum absolute atomic E-state index is 0.368. The lowest BCUT2D eigenvalue weighted by Crippen LogP contribution is -2.04. The maximum Gasteiger partial charge on any atom is 0.340 e. The highest BCUT2D eigenvalue weighted by atomic mass is 127. The van der Waals surface area contributed by atoms with Crippen LogP contribution in [-0.2, 0) is 4.74 Å². The van der Waals surface area contributed by atoms with Gasteiger partial charge in [0.1, 0.15) is 8.85 Å². The molecular formula is C7H5ClINO2. The summed E-state index contributed by atoms with van der Waals surface area (Å²) in [7, 11) is 1.33. The Kier molecular flexibility index (Phi) is 3.28. The number of esters is 1. The summed E-state index contributed by atoms with van der Waals surface area (Å²) < 4.78 is 5.08.